The molecule has 0 aliphatic rings. The van der Waals surface area contributed by atoms with Crippen LogP contribution >= 0.6 is 11.8 Å². The number of nitrogens with one attached hydrogen (secondary N) is 1. The topological polar surface area (TPSA) is 12.0 Å². The van der Waals surface area contributed by atoms with Crippen molar-refractivity contribution in [2.75, 3.05) is 12.8 Å². The second kappa shape index (κ2) is 6.77. The Kier molecular flexibility index (Phi) is 5.64. The minimum Gasteiger partial charge on any atom is -0.313 e. The third kappa shape index (κ3) is 4.42. The van der Waals surface area contributed by atoms with Gasteiger partial charge in [0.05, 0.1) is 0 Å². The standard InChI is InChI=1S/C14H21NS/c1-11(2)9-10-16-14-7-5-13(6-8-14)12(3)15-4/h5-8,12,15H,1,9-10H2,2-4H3. The third-order valence-corrected chi connectivity index (χ3v) is 3.62. The van der Waals surface area contributed by atoms with Crippen molar-refractivity contribution in [3.63, 3.8) is 0 Å². The quantitative estimate of drug-likeness (QED) is 0.590. The zero-order chi connectivity index (χ0) is 12.0. The molecule has 0 saturated carbocycles. The van der Waals surface area contributed by atoms with Crippen molar-refractivity contribution in [3.05, 3.63) is 42.0 Å². The Morgan fingerprint density at radius 2 is 2.00 bits per heavy atom. The average Bonchev–Trinajstić information content (AvgIpc) is 2.28. The molecule has 2 heteroatoms. The van der Waals surface area contributed by atoms with Crippen LogP contribution in [0.4, 0.5) is 0 Å². The molecule has 0 aliphatic carbocycles. The molecule has 0 radical (unpaired) electrons. The Morgan fingerprint density at radius 1 is 1.38 bits per heavy atom. The van der Waals surface area contributed by atoms with Gasteiger partial charge in [-0.25, -0.2) is 0 Å². The van der Waals surface area contributed by atoms with Gasteiger partial charge in [-0.15, -0.1) is 18.3 Å². The van der Waals surface area contributed by atoms with Gasteiger partial charge in [-0.1, -0.05) is 17.7 Å². The normalized spacial score (nSPS) is 12.4. The number of hydrogen-bond donors (Lipinski definition) is 1. The Bertz CT molecular complexity index is 329. The van der Waals surface area contributed by atoms with Gasteiger partial charge in [0.2, 0.25) is 0 Å². The molecule has 0 aliphatic heterocycles. The van der Waals surface area contributed by atoms with Gasteiger partial charge in [-0.2, -0.15) is 0 Å². The molecule has 1 unspecified atom stereocenters. The van der Waals surface area contributed by atoms with Crippen LogP contribution in [-0.4, -0.2) is 12.8 Å². The Hall–Kier alpha value is -0.730. The fourth-order valence-electron chi connectivity index (χ4n) is 1.36. The molecule has 1 aromatic rings. The minimum atomic E-state index is 0.425. The number of rotatable bonds is 6. The first-order chi connectivity index (χ1) is 7.63. The highest BCUT2D eigenvalue weighted by molar-refractivity contribution is 7.99. The maximum Gasteiger partial charge on any atom is 0.0289 e. The Balaban J connectivity index is 2.48. The smallest absolute Gasteiger partial charge is 0.0289 e. The van der Waals surface area contributed by atoms with Crippen LogP contribution in [0.5, 0.6) is 0 Å². The van der Waals surface area contributed by atoms with E-state index >= 15 is 0 Å². The molecular weight excluding hydrogens is 214 g/mol. The second-order valence-corrected chi connectivity index (χ2v) is 5.30. The van der Waals surface area contributed by atoms with Crippen molar-refractivity contribution in [1.82, 2.24) is 5.32 Å². The van der Waals surface area contributed by atoms with Gasteiger partial charge in [-0.3, -0.25) is 0 Å². The first-order valence-corrected chi connectivity index (χ1v) is 6.66. The number of benzene rings is 1. The number of thioether (sulfide) groups is 1. The van der Waals surface area contributed by atoms with E-state index in [0.717, 1.165) is 12.2 Å². The average molecular weight is 235 g/mol. The Morgan fingerprint density at radius 3 is 2.50 bits per heavy atom. The Labute approximate surface area is 103 Å². The molecule has 0 heterocycles. The lowest BCUT2D eigenvalue weighted by molar-refractivity contribution is 0.652. The second-order valence-electron chi connectivity index (χ2n) is 4.13. The number of allylic oxidation sites excluding steroid dienone is 1. The van der Waals surface area contributed by atoms with Crippen molar-refractivity contribution in [2.24, 2.45) is 0 Å². The summed E-state index contributed by atoms with van der Waals surface area (Å²) < 4.78 is 0. The first kappa shape index (κ1) is 13.3. The van der Waals surface area contributed by atoms with E-state index in [4.69, 9.17) is 0 Å². The molecule has 1 aromatic carbocycles. The highest BCUT2D eigenvalue weighted by Crippen LogP contribution is 2.22. The van der Waals surface area contributed by atoms with E-state index in [9.17, 15) is 0 Å². The van der Waals surface area contributed by atoms with Crippen molar-refractivity contribution < 1.29 is 0 Å². The van der Waals surface area contributed by atoms with Crippen LogP contribution < -0.4 is 5.32 Å². The highest BCUT2D eigenvalue weighted by Gasteiger charge is 2.01. The maximum atomic E-state index is 3.91. The van der Waals surface area contributed by atoms with E-state index in [1.54, 1.807) is 0 Å². The molecule has 0 bridgehead atoms. The molecule has 0 fully saturated rings. The summed E-state index contributed by atoms with van der Waals surface area (Å²) >= 11 is 1.90. The van der Waals surface area contributed by atoms with E-state index in [2.05, 4.69) is 50.0 Å². The summed E-state index contributed by atoms with van der Waals surface area (Å²) in [5.74, 6) is 1.12. The summed E-state index contributed by atoms with van der Waals surface area (Å²) in [6.07, 6.45) is 1.10. The molecule has 0 amide bonds. The van der Waals surface area contributed by atoms with Crippen LogP contribution in [0.25, 0.3) is 0 Å². The SMILES string of the molecule is C=C(C)CCSc1ccc(C(C)NC)cc1. The van der Waals surface area contributed by atoms with Crippen molar-refractivity contribution >= 4 is 11.8 Å². The molecule has 16 heavy (non-hydrogen) atoms. The molecular formula is C14H21NS. The third-order valence-electron chi connectivity index (χ3n) is 2.61. The van der Waals surface area contributed by atoms with E-state index in [0.29, 0.717) is 6.04 Å². The predicted octanol–water partition coefficient (Wildman–Crippen LogP) is 4.03. The lowest BCUT2D eigenvalue weighted by Gasteiger charge is -2.10. The monoisotopic (exact) mass is 235 g/mol. The van der Waals surface area contributed by atoms with Gasteiger partial charge in [0.25, 0.3) is 0 Å². The van der Waals surface area contributed by atoms with E-state index in [1.807, 2.05) is 18.8 Å². The van der Waals surface area contributed by atoms with Crippen molar-refractivity contribution in [2.45, 2.75) is 31.2 Å². The number of hydrogen-bond acceptors (Lipinski definition) is 2. The summed E-state index contributed by atoms with van der Waals surface area (Å²) in [5, 5.41) is 3.24. The molecule has 1 rings (SSSR count). The molecule has 0 saturated heterocycles. The highest BCUT2D eigenvalue weighted by atomic mass is 32.2. The molecule has 1 nitrogen and oxygen atoms in total. The summed E-state index contributed by atoms with van der Waals surface area (Å²) in [4.78, 5) is 1.34. The fourth-order valence-corrected chi connectivity index (χ4v) is 2.38. The predicted molar refractivity (Wildman–Crippen MR) is 74.1 cm³/mol. The lowest BCUT2D eigenvalue weighted by Crippen LogP contribution is -2.11. The van der Waals surface area contributed by atoms with E-state index in [1.165, 1.54) is 16.0 Å². The van der Waals surface area contributed by atoms with Gasteiger partial charge in [-0.05, 0) is 45.0 Å². The molecule has 88 valence electrons. The largest absolute Gasteiger partial charge is 0.313 e. The van der Waals surface area contributed by atoms with Crippen LogP contribution in [0.2, 0.25) is 0 Å². The van der Waals surface area contributed by atoms with E-state index < -0.39 is 0 Å². The van der Waals surface area contributed by atoms with Crippen molar-refractivity contribution in [1.29, 1.82) is 0 Å². The summed E-state index contributed by atoms with van der Waals surface area (Å²) in [5.41, 5.74) is 2.60. The van der Waals surface area contributed by atoms with Gasteiger partial charge in [0.15, 0.2) is 0 Å². The van der Waals surface area contributed by atoms with Crippen LogP contribution in [0.15, 0.2) is 41.3 Å². The summed E-state index contributed by atoms with van der Waals surface area (Å²) in [6, 6.07) is 9.22. The molecule has 1 atom stereocenters. The summed E-state index contributed by atoms with van der Waals surface area (Å²) in [6.45, 7) is 8.16. The fraction of sp³-hybridized carbons (Fsp3) is 0.429. The molecule has 0 spiro atoms. The zero-order valence-electron chi connectivity index (χ0n) is 10.4. The first-order valence-electron chi connectivity index (χ1n) is 5.68. The molecule has 1 N–H and O–H groups in total. The van der Waals surface area contributed by atoms with Crippen LogP contribution in [0, 0.1) is 0 Å². The zero-order valence-corrected chi connectivity index (χ0v) is 11.2. The molecule has 0 aromatic heterocycles. The lowest BCUT2D eigenvalue weighted by atomic mass is 10.1. The van der Waals surface area contributed by atoms with Gasteiger partial charge >= 0.3 is 0 Å². The van der Waals surface area contributed by atoms with Gasteiger partial charge in [0, 0.05) is 16.7 Å². The minimum absolute atomic E-state index is 0.425. The van der Waals surface area contributed by atoms with E-state index in [-0.39, 0.29) is 0 Å². The van der Waals surface area contributed by atoms with Crippen LogP contribution in [0.3, 0.4) is 0 Å². The summed E-state index contributed by atoms with van der Waals surface area (Å²) in [7, 11) is 1.99. The van der Waals surface area contributed by atoms with Gasteiger partial charge in [0.1, 0.15) is 0 Å². The maximum absolute atomic E-state index is 3.91. The van der Waals surface area contributed by atoms with Crippen molar-refractivity contribution in [3.8, 4) is 0 Å². The van der Waals surface area contributed by atoms with Gasteiger partial charge < -0.3 is 5.32 Å². The van der Waals surface area contributed by atoms with Crippen LogP contribution in [-0.2, 0) is 0 Å². The van der Waals surface area contributed by atoms with Crippen LogP contribution in [0.1, 0.15) is 31.9 Å².